The summed E-state index contributed by atoms with van der Waals surface area (Å²) >= 11 is 0. The van der Waals surface area contributed by atoms with Crippen molar-refractivity contribution in [3.8, 4) is 0 Å². The molecule has 1 aliphatic rings. The molecule has 0 spiro atoms. The maximum Gasteiger partial charge on any atom is 0.272 e. The zero-order chi connectivity index (χ0) is 12.4. The number of nitrogens with zero attached hydrogens (tertiary/aromatic N) is 1. The molecule has 2 atom stereocenters. The van der Waals surface area contributed by atoms with Gasteiger partial charge in [-0.15, -0.1) is 0 Å². The van der Waals surface area contributed by atoms with Crippen molar-refractivity contribution in [3.63, 3.8) is 0 Å². The molecular weight excluding hydrogens is 229 g/mol. The Balaban J connectivity index is 2.28. The van der Waals surface area contributed by atoms with Gasteiger partial charge in [0.05, 0.1) is 23.2 Å². The van der Waals surface area contributed by atoms with Gasteiger partial charge in [-0.3, -0.25) is 10.1 Å². The summed E-state index contributed by atoms with van der Waals surface area (Å²) in [4.78, 5) is 9.95. The second-order valence-electron chi connectivity index (χ2n) is 4.04. The Morgan fingerprint density at radius 1 is 1.47 bits per heavy atom. The number of non-ortho nitro benzene ring substituents is 1. The summed E-state index contributed by atoms with van der Waals surface area (Å²) in [6.07, 6.45) is -0.113. The Hall–Kier alpha value is -1.53. The van der Waals surface area contributed by atoms with Crippen LogP contribution in [0.1, 0.15) is 24.5 Å². The van der Waals surface area contributed by atoms with Gasteiger partial charge in [0.25, 0.3) is 5.69 Å². The highest BCUT2D eigenvalue weighted by Crippen LogP contribution is 2.30. The Morgan fingerprint density at radius 2 is 2.24 bits per heavy atom. The molecule has 0 saturated carbocycles. The van der Waals surface area contributed by atoms with Crippen LogP contribution in [0.25, 0.3) is 0 Å². The number of halogens is 1. The minimum Gasteiger partial charge on any atom is -0.393 e. The molecule has 0 amide bonds. The lowest BCUT2D eigenvalue weighted by molar-refractivity contribution is -0.385. The van der Waals surface area contributed by atoms with Gasteiger partial charge in [0, 0.05) is 19.1 Å². The van der Waals surface area contributed by atoms with Gasteiger partial charge in [0.1, 0.15) is 5.82 Å². The van der Waals surface area contributed by atoms with Gasteiger partial charge in [-0.2, -0.15) is 0 Å². The fourth-order valence-corrected chi connectivity index (χ4v) is 1.90. The van der Waals surface area contributed by atoms with E-state index in [4.69, 9.17) is 4.74 Å². The summed E-state index contributed by atoms with van der Waals surface area (Å²) in [5, 5.41) is 20.1. The van der Waals surface area contributed by atoms with E-state index in [0.717, 1.165) is 6.07 Å². The molecule has 0 aliphatic carbocycles. The summed E-state index contributed by atoms with van der Waals surface area (Å²) < 4.78 is 18.6. The summed E-state index contributed by atoms with van der Waals surface area (Å²) in [6.45, 7) is 0.371. The van der Waals surface area contributed by atoms with Gasteiger partial charge in [0.15, 0.2) is 0 Å². The van der Waals surface area contributed by atoms with E-state index in [2.05, 4.69) is 0 Å². The van der Waals surface area contributed by atoms with Crippen molar-refractivity contribution >= 4 is 5.69 Å². The molecule has 1 aliphatic heterocycles. The minimum absolute atomic E-state index is 0.302. The predicted molar refractivity (Wildman–Crippen MR) is 57.0 cm³/mol. The van der Waals surface area contributed by atoms with Gasteiger partial charge in [0.2, 0.25) is 0 Å². The minimum atomic E-state index is -0.669. The van der Waals surface area contributed by atoms with Crippen molar-refractivity contribution in [3.05, 3.63) is 39.7 Å². The predicted octanol–water partition coefficient (Wildman–Crippen LogP) is 1.95. The number of nitro benzene ring substituents is 1. The van der Waals surface area contributed by atoms with Gasteiger partial charge < -0.3 is 9.84 Å². The van der Waals surface area contributed by atoms with Gasteiger partial charge in [-0.1, -0.05) is 0 Å². The van der Waals surface area contributed by atoms with Crippen LogP contribution in [-0.2, 0) is 4.74 Å². The molecule has 0 bridgehead atoms. The number of nitro groups is 1. The van der Waals surface area contributed by atoms with Crippen molar-refractivity contribution in [1.82, 2.24) is 0 Å². The lowest BCUT2D eigenvalue weighted by Gasteiger charge is -2.26. The molecule has 1 N–H and O–H groups in total. The molecule has 1 saturated heterocycles. The van der Waals surface area contributed by atoms with E-state index < -0.39 is 22.9 Å². The highest BCUT2D eigenvalue weighted by atomic mass is 19.1. The quantitative estimate of drug-likeness (QED) is 0.634. The second-order valence-corrected chi connectivity index (χ2v) is 4.04. The van der Waals surface area contributed by atoms with E-state index in [1.807, 2.05) is 0 Å². The molecule has 17 heavy (non-hydrogen) atoms. The summed E-state index contributed by atoms with van der Waals surface area (Å²) in [6, 6.07) is 3.35. The molecule has 0 radical (unpaired) electrons. The first-order chi connectivity index (χ1) is 8.06. The van der Waals surface area contributed by atoms with Gasteiger partial charge >= 0.3 is 0 Å². The largest absolute Gasteiger partial charge is 0.393 e. The number of hydrogen-bond donors (Lipinski definition) is 1. The maximum atomic E-state index is 13.2. The first-order valence-corrected chi connectivity index (χ1v) is 5.31. The van der Waals surface area contributed by atoms with Crippen LogP contribution in [-0.4, -0.2) is 22.7 Å². The molecule has 1 aromatic carbocycles. The number of hydrogen-bond acceptors (Lipinski definition) is 4. The van der Waals surface area contributed by atoms with Gasteiger partial charge in [-0.05, 0) is 18.1 Å². The Kier molecular flexibility index (Phi) is 3.35. The molecule has 1 aromatic rings. The van der Waals surface area contributed by atoms with E-state index in [0.29, 0.717) is 25.0 Å². The smallest absolute Gasteiger partial charge is 0.272 e. The average Bonchev–Trinajstić information content (AvgIpc) is 2.28. The fraction of sp³-hybridized carbons (Fsp3) is 0.455. The highest BCUT2D eigenvalue weighted by Gasteiger charge is 2.24. The third-order valence-electron chi connectivity index (χ3n) is 2.74. The summed E-state index contributed by atoms with van der Waals surface area (Å²) in [5.41, 5.74) is 0.0964. The lowest BCUT2D eigenvalue weighted by Crippen LogP contribution is -2.23. The molecule has 2 unspecified atom stereocenters. The molecule has 1 heterocycles. The Labute approximate surface area is 97.0 Å². The van der Waals surface area contributed by atoms with Crippen LogP contribution in [0.5, 0.6) is 0 Å². The third-order valence-corrected chi connectivity index (χ3v) is 2.74. The SMILES string of the molecule is O=[N+]([O-])c1cc(F)cc(C2CC(O)CCO2)c1. The standard InChI is InChI=1S/C11H12FNO4/c12-8-3-7(4-9(5-8)13(15)16)11-6-10(14)1-2-17-11/h3-5,10-11,14H,1-2,6H2. The maximum absolute atomic E-state index is 13.2. The molecular formula is C11H12FNO4. The van der Waals surface area contributed by atoms with Crippen molar-refractivity contribution in [1.29, 1.82) is 0 Å². The second kappa shape index (κ2) is 4.77. The van der Waals surface area contributed by atoms with E-state index in [1.165, 1.54) is 12.1 Å². The van der Waals surface area contributed by atoms with Crippen LogP contribution in [0.4, 0.5) is 10.1 Å². The first-order valence-electron chi connectivity index (χ1n) is 5.31. The van der Waals surface area contributed by atoms with Crippen LogP contribution in [0.15, 0.2) is 18.2 Å². The van der Waals surface area contributed by atoms with Crippen molar-refractivity contribution in [2.75, 3.05) is 6.61 Å². The number of aliphatic hydroxyl groups is 1. The molecule has 92 valence electrons. The van der Waals surface area contributed by atoms with Crippen LogP contribution in [0.2, 0.25) is 0 Å². The average molecular weight is 241 g/mol. The van der Waals surface area contributed by atoms with Crippen molar-refractivity contribution < 1.29 is 19.2 Å². The molecule has 5 nitrogen and oxygen atoms in total. The number of ether oxygens (including phenoxy) is 1. The van der Waals surface area contributed by atoms with E-state index >= 15 is 0 Å². The zero-order valence-corrected chi connectivity index (χ0v) is 9.01. The fourth-order valence-electron chi connectivity index (χ4n) is 1.90. The summed E-state index contributed by atoms with van der Waals surface area (Å²) in [5.74, 6) is -0.669. The van der Waals surface area contributed by atoms with E-state index in [-0.39, 0.29) is 5.69 Å². The monoisotopic (exact) mass is 241 g/mol. The normalized spacial score (nSPS) is 24.6. The molecule has 2 rings (SSSR count). The topological polar surface area (TPSA) is 72.6 Å². The van der Waals surface area contributed by atoms with Crippen LogP contribution in [0.3, 0.4) is 0 Å². The van der Waals surface area contributed by atoms with Crippen LogP contribution < -0.4 is 0 Å². The van der Waals surface area contributed by atoms with E-state index in [1.54, 1.807) is 0 Å². The van der Waals surface area contributed by atoms with Crippen molar-refractivity contribution in [2.45, 2.75) is 25.0 Å². The third kappa shape index (κ3) is 2.78. The lowest BCUT2D eigenvalue weighted by atomic mass is 9.99. The van der Waals surface area contributed by atoms with Crippen LogP contribution in [0, 0.1) is 15.9 Å². The highest BCUT2D eigenvalue weighted by molar-refractivity contribution is 5.36. The first kappa shape index (κ1) is 11.9. The van der Waals surface area contributed by atoms with Crippen molar-refractivity contribution in [2.24, 2.45) is 0 Å². The number of rotatable bonds is 2. The van der Waals surface area contributed by atoms with E-state index in [9.17, 15) is 19.6 Å². The van der Waals surface area contributed by atoms with Gasteiger partial charge in [-0.25, -0.2) is 4.39 Å². The number of benzene rings is 1. The molecule has 6 heteroatoms. The Morgan fingerprint density at radius 3 is 2.88 bits per heavy atom. The molecule has 1 fully saturated rings. The Bertz CT molecular complexity index is 437. The molecule has 0 aromatic heterocycles. The van der Waals surface area contributed by atoms with Crippen LogP contribution >= 0.6 is 0 Å². The zero-order valence-electron chi connectivity index (χ0n) is 9.01. The summed E-state index contributed by atoms with van der Waals surface area (Å²) in [7, 11) is 0. The number of aliphatic hydroxyl groups excluding tert-OH is 1.